The highest BCUT2D eigenvalue weighted by atomic mass is 16.1. The summed E-state index contributed by atoms with van der Waals surface area (Å²) in [7, 11) is 0. The molecule has 0 radical (unpaired) electrons. The zero-order chi connectivity index (χ0) is 19.7. The van der Waals surface area contributed by atoms with Gasteiger partial charge in [0.1, 0.15) is 17.3 Å². The van der Waals surface area contributed by atoms with Gasteiger partial charge in [0.2, 0.25) is 0 Å². The van der Waals surface area contributed by atoms with Crippen LogP contribution in [-0.4, -0.2) is 36.9 Å². The highest BCUT2D eigenvalue weighted by Crippen LogP contribution is 2.44. The minimum Gasteiger partial charge on any atom is -0.386 e. The Balaban J connectivity index is 1.64. The summed E-state index contributed by atoms with van der Waals surface area (Å²) in [6.45, 7) is 1.84. The predicted octanol–water partition coefficient (Wildman–Crippen LogP) is 1.77. The summed E-state index contributed by atoms with van der Waals surface area (Å²) in [5.74, 6) is 0.274. The molecule has 3 aromatic heterocycles. The Hall–Kier alpha value is -3.62. The summed E-state index contributed by atoms with van der Waals surface area (Å²) in [5, 5.41) is 6.37. The van der Waals surface area contributed by atoms with E-state index < -0.39 is 11.3 Å². The minimum atomic E-state index is -0.466. The van der Waals surface area contributed by atoms with Crippen molar-refractivity contribution < 1.29 is 4.79 Å². The molecule has 3 aromatic rings. The van der Waals surface area contributed by atoms with Gasteiger partial charge in [-0.15, -0.1) is 0 Å². The van der Waals surface area contributed by atoms with Crippen molar-refractivity contribution in [2.75, 3.05) is 5.73 Å². The lowest BCUT2D eigenvalue weighted by Crippen LogP contribution is -2.47. The van der Waals surface area contributed by atoms with Gasteiger partial charge in [0, 0.05) is 12.4 Å². The quantitative estimate of drug-likeness (QED) is 0.464. The second-order valence-corrected chi connectivity index (χ2v) is 6.89. The van der Waals surface area contributed by atoms with Crippen LogP contribution in [0.4, 0.5) is 5.82 Å². The lowest BCUT2D eigenvalue weighted by Gasteiger charge is -2.41. The van der Waals surface area contributed by atoms with Crippen molar-refractivity contribution in [3.8, 4) is 11.4 Å². The molecular weight excluding hydrogens is 356 g/mol. The average Bonchev–Trinajstić information content (AvgIpc) is 3.16. The topological polar surface area (TPSA) is 149 Å². The first-order chi connectivity index (χ1) is 13.5. The summed E-state index contributed by atoms with van der Waals surface area (Å²) in [6, 6.07) is 3.84. The van der Waals surface area contributed by atoms with E-state index in [9.17, 15) is 4.79 Å². The fourth-order valence-electron chi connectivity index (χ4n) is 3.44. The first kappa shape index (κ1) is 17.8. The maximum absolute atomic E-state index is 12.3. The molecule has 1 aliphatic rings. The summed E-state index contributed by atoms with van der Waals surface area (Å²) >= 11 is 0. The maximum atomic E-state index is 12.3. The van der Waals surface area contributed by atoms with Crippen LogP contribution >= 0.6 is 0 Å². The van der Waals surface area contributed by atoms with E-state index in [0.29, 0.717) is 34.3 Å². The number of nitrogens with zero attached hydrogens (tertiary/aromatic N) is 5. The second kappa shape index (κ2) is 6.84. The summed E-state index contributed by atoms with van der Waals surface area (Å²) < 4.78 is 0. The molecule has 9 nitrogen and oxygen atoms in total. The standard InChI is InChI=1S/C19H20N8O/c1-11-16(23-10-15(20)26-11)14-4-3-13(9-22-14)19(5-2-6-19)18(21)27-17(28)12-7-24-25-8-12/h3-4,7-10H,2,5-6H2,1H3,(H2,20,26)(H,24,25)(H2,21,27,28). The molecule has 0 saturated heterocycles. The van der Waals surface area contributed by atoms with Crippen LogP contribution < -0.4 is 11.5 Å². The number of nitrogen functional groups attached to an aromatic ring is 1. The third kappa shape index (κ3) is 3.00. The van der Waals surface area contributed by atoms with Crippen LogP contribution in [0.3, 0.4) is 0 Å². The minimum absolute atomic E-state index is 0.308. The number of rotatable bonds is 4. The normalized spacial score (nSPS) is 15.8. The number of nitrogens with one attached hydrogen (secondary N) is 1. The third-order valence-electron chi connectivity index (χ3n) is 5.19. The predicted molar refractivity (Wildman–Crippen MR) is 104 cm³/mol. The molecule has 0 aliphatic heterocycles. The van der Waals surface area contributed by atoms with E-state index in [1.54, 1.807) is 6.20 Å². The van der Waals surface area contributed by atoms with Gasteiger partial charge in [-0.2, -0.15) is 10.1 Å². The number of amides is 1. The van der Waals surface area contributed by atoms with E-state index in [-0.39, 0.29) is 0 Å². The molecular formula is C19H20N8O. The van der Waals surface area contributed by atoms with E-state index in [2.05, 4.69) is 30.1 Å². The number of aryl methyl sites for hydroxylation is 1. The number of carbonyl (C=O) groups excluding carboxylic acids is 1. The highest BCUT2D eigenvalue weighted by Gasteiger charge is 2.43. The summed E-state index contributed by atoms with van der Waals surface area (Å²) in [5.41, 5.74) is 14.9. The number of aromatic amines is 1. The first-order valence-electron chi connectivity index (χ1n) is 8.93. The number of pyridine rings is 1. The molecule has 0 spiro atoms. The molecule has 4 rings (SSSR count). The van der Waals surface area contributed by atoms with Crippen molar-refractivity contribution in [2.24, 2.45) is 10.7 Å². The molecule has 5 N–H and O–H groups in total. The van der Waals surface area contributed by atoms with Gasteiger partial charge in [-0.3, -0.25) is 14.9 Å². The second-order valence-electron chi connectivity index (χ2n) is 6.89. The van der Waals surface area contributed by atoms with E-state index >= 15 is 0 Å². The Morgan fingerprint density at radius 3 is 2.61 bits per heavy atom. The van der Waals surface area contributed by atoms with Crippen LogP contribution in [0.5, 0.6) is 0 Å². The Morgan fingerprint density at radius 2 is 2.04 bits per heavy atom. The van der Waals surface area contributed by atoms with Crippen LogP contribution in [0.2, 0.25) is 0 Å². The van der Waals surface area contributed by atoms with E-state index in [4.69, 9.17) is 11.5 Å². The van der Waals surface area contributed by atoms with Gasteiger partial charge in [0.15, 0.2) is 0 Å². The fourth-order valence-corrected chi connectivity index (χ4v) is 3.44. The Kier molecular flexibility index (Phi) is 4.34. The fraction of sp³-hybridized carbons (Fsp3) is 0.263. The van der Waals surface area contributed by atoms with Gasteiger partial charge in [0.25, 0.3) is 5.91 Å². The lowest BCUT2D eigenvalue weighted by atomic mass is 9.64. The number of hydrogen-bond acceptors (Lipinski definition) is 6. The van der Waals surface area contributed by atoms with Crippen molar-refractivity contribution in [1.29, 1.82) is 0 Å². The number of hydrogen-bond donors (Lipinski definition) is 3. The molecule has 0 aromatic carbocycles. The van der Waals surface area contributed by atoms with Crippen LogP contribution in [0, 0.1) is 6.92 Å². The molecule has 142 valence electrons. The van der Waals surface area contributed by atoms with Crippen LogP contribution in [0.15, 0.2) is 41.9 Å². The van der Waals surface area contributed by atoms with Crippen molar-refractivity contribution in [2.45, 2.75) is 31.6 Å². The van der Waals surface area contributed by atoms with Crippen molar-refractivity contribution in [3.63, 3.8) is 0 Å². The molecule has 28 heavy (non-hydrogen) atoms. The van der Waals surface area contributed by atoms with Crippen LogP contribution in [-0.2, 0) is 5.41 Å². The van der Waals surface area contributed by atoms with Crippen molar-refractivity contribution in [3.05, 3.63) is 53.7 Å². The largest absolute Gasteiger partial charge is 0.386 e. The number of nitrogens with two attached hydrogens (primary N) is 2. The van der Waals surface area contributed by atoms with Gasteiger partial charge >= 0.3 is 0 Å². The van der Waals surface area contributed by atoms with Crippen molar-refractivity contribution >= 4 is 17.6 Å². The molecule has 1 fully saturated rings. The molecule has 0 bridgehead atoms. The average molecular weight is 376 g/mol. The monoisotopic (exact) mass is 376 g/mol. The van der Waals surface area contributed by atoms with Crippen LogP contribution in [0.25, 0.3) is 11.4 Å². The van der Waals surface area contributed by atoms with E-state index in [0.717, 1.165) is 24.8 Å². The zero-order valence-corrected chi connectivity index (χ0v) is 15.4. The van der Waals surface area contributed by atoms with Gasteiger partial charge in [0.05, 0.1) is 34.8 Å². The van der Waals surface area contributed by atoms with Gasteiger partial charge in [-0.05, 0) is 31.4 Å². The molecule has 0 unspecified atom stereocenters. The number of carbonyl (C=O) groups is 1. The van der Waals surface area contributed by atoms with Crippen molar-refractivity contribution in [1.82, 2.24) is 25.1 Å². The van der Waals surface area contributed by atoms with Crippen LogP contribution in [0.1, 0.15) is 40.9 Å². The third-order valence-corrected chi connectivity index (χ3v) is 5.19. The molecule has 9 heteroatoms. The zero-order valence-electron chi connectivity index (χ0n) is 15.4. The molecule has 3 heterocycles. The van der Waals surface area contributed by atoms with Gasteiger partial charge in [-0.25, -0.2) is 9.97 Å². The highest BCUT2D eigenvalue weighted by molar-refractivity contribution is 6.06. The lowest BCUT2D eigenvalue weighted by molar-refractivity contribution is 0.100. The number of anilines is 1. The van der Waals surface area contributed by atoms with E-state index in [1.807, 2.05) is 19.1 Å². The molecule has 1 aliphatic carbocycles. The maximum Gasteiger partial charge on any atom is 0.281 e. The number of amidine groups is 1. The Morgan fingerprint density at radius 1 is 1.21 bits per heavy atom. The number of aromatic nitrogens is 5. The van der Waals surface area contributed by atoms with Gasteiger partial charge in [-0.1, -0.05) is 12.5 Å². The SMILES string of the molecule is Cc1nc(N)cnc1-c1ccc(C2(C(N)=NC(=O)c3cn[nH]c3)CCC2)cn1. The first-order valence-corrected chi connectivity index (χ1v) is 8.93. The Bertz CT molecular complexity index is 1040. The smallest absolute Gasteiger partial charge is 0.281 e. The number of H-pyrrole nitrogens is 1. The summed E-state index contributed by atoms with van der Waals surface area (Å²) in [4.78, 5) is 29.5. The summed E-state index contributed by atoms with van der Waals surface area (Å²) in [6.07, 6.45) is 8.87. The Labute approximate surface area is 161 Å². The van der Waals surface area contributed by atoms with E-state index in [1.165, 1.54) is 18.6 Å². The molecule has 1 amide bonds. The molecule has 1 saturated carbocycles. The van der Waals surface area contributed by atoms with Gasteiger partial charge < -0.3 is 11.5 Å². The number of aliphatic imine (C=N–C) groups is 1. The molecule has 0 atom stereocenters.